The fraction of sp³-hybridized carbons (Fsp3) is 0.533. The number of ketones is 1. The van der Waals surface area contributed by atoms with E-state index >= 15 is 0 Å². The van der Waals surface area contributed by atoms with Crippen LogP contribution in [0, 0.1) is 12.7 Å². The number of benzene rings is 1. The molecule has 19 heavy (non-hydrogen) atoms. The van der Waals surface area contributed by atoms with Crippen LogP contribution in [-0.2, 0) is 11.2 Å². The molecule has 0 aromatic heterocycles. The number of piperazine rings is 1. The van der Waals surface area contributed by atoms with E-state index < -0.39 is 0 Å². The molecule has 0 radical (unpaired) electrons. The third-order valence-corrected chi connectivity index (χ3v) is 3.89. The highest BCUT2D eigenvalue weighted by Gasteiger charge is 2.28. The molecule has 1 saturated heterocycles. The molecule has 0 amide bonds. The number of rotatable bonds is 3. The summed E-state index contributed by atoms with van der Waals surface area (Å²) in [6, 6.07) is 4.57. The highest BCUT2D eigenvalue weighted by Crippen LogP contribution is 2.14. The van der Waals surface area contributed by atoms with Crippen LogP contribution in [0.1, 0.15) is 11.1 Å². The van der Waals surface area contributed by atoms with Gasteiger partial charge in [0.05, 0.1) is 6.04 Å². The highest BCUT2D eigenvalue weighted by molar-refractivity contribution is 5.86. The van der Waals surface area contributed by atoms with Crippen LogP contribution >= 0.6 is 0 Å². The summed E-state index contributed by atoms with van der Waals surface area (Å²) in [5, 5.41) is 0. The smallest absolute Gasteiger partial charge is 0.155 e. The lowest BCUT2D eigenvalue weighted by Crippen LogP contribution is -2.53. The van der Waals surface area contributed by atoms with Crippen molar-refractivity contribution in [1.82, 2.24) is 9.80 Å². The maximum Gasteiger partial charge on any atom is 0.155 e. The van der Waals surface area contributed by atoms with Crippen LogP contribution in [0.5, 0.6) is 0 Å². The van der Waals surface area contributed by atoms with Gasteiger partial charge < -0.3 is 4.90 Å². The zero-order valence-corrected chi connectivity index (χ0v) is 11.8. The van der Waals surface area contributed by atoms with Crippen LogP contribution in [0.3, 0.4) is 0 Å². The summed E-state index contributed by atoms with van der Waals surface area (Å²) in [7, 11) is 4.03. The van der Waals surface area contributed by atoms with Crippen LogP contribution in [0.15, 0.2) is 18.2 Å². The molecule has 1 atom stereocenters. The molecule has 2 rings (SSSR count). The van der Waals surface area contributed by atoms with Crippen molar-refractivity contribution in [3.63, 3.8) is 0 Å². The Kier molecular flexibility index (Phi) is 4.32. The van der Waals surface area contributed by atoms with Crippen molar-refractivity contribution in [2.45, 2.75) is 19.4 Å². The Hall–Kier alpha value is -1.26. The zero-order chi connectivity index (χ0) is 14.0. The first-order chi connectivity index (χ1) is 8.97. The maximum atomic E-state index is 13.1. The van der Waals surface area contributed by atoms with Crippen molar-refractivity contribution in [1.29, 1.82) is 0 Å². The fourth-order valence-corrected chi connectivity index (χ4v) is 2.52. The fourth-order valence-electron chi connectivity index (χ4n) is 2.52. The molecule has 0 aliphatic carbocycles. The number of hydrogen-bond donors (Lipinski definition) is 0. The minimum absolute atomic E-state index is 0.0526. The average molecular weight is 264 g/mol. The second-order valence-electron chi connectivity index (χ2n) is 5.47. The summed E-state index contributed by atoms with van der Waals surface area (Å²) >= 11 is 0. The lowest BCUT2D eigenvalue weighted by atomic mass is 9.98. The molecule has 1 aromatic rings. The van der Waals surface area contributed by atoms with Crippen molar-refractivity contribution >= 4 is 5.78 Å². The number of halogens is 1. The number of hydrogen-bond acceptors (Lipinski definition) is 3. The lowest BCUT2D eigenvalue weighted by molar-refractivity contribution is -0.125. The molecule has 0 spiro atoms. The van der Waals surface area contributed by atoms with E-state index in [1.807, 2.05) is 21.0 Å². The molecule has 0 saturated carbocycles. The van der Waals surface area contributed by atoms with Crippen LogP contribution in [0.25, 0.3) is 0 Å². The van der Waals surface area contributed by atoms with E-state index in [1.165, 1.54) is 12.1 Å². The summed E-state index contributed by atoms with van der Waals surface area (Å²) in [4.78, 5) is 16.7. The van der Waals surface area contributed by atoms with E-state index in [-0.39, 0.29) is 17.6 Å². The summed E-state index contributed by atoms with van der Waals surface area (Å²) < 4.78 is 13.1. The predicted octanol–water partition coefficient (Wildman–Crippen LogP) is 1.49. The van der Waals surface area contributed by atoms with Gasteiger partial charge in [0.15, 0.2) is 5.78 Å². The van der Waals surface area contributed by atoms with E-state index in [0.29, 0.717) is 6.42 Å². The zero-order valence-electron chi connectivity index (χ0n) is 11.8. The molecule has 4 heteroatoms. The molecular formula is C15H21FN2O. The molecule has 0 N–H and O–H groups in total. The standard InChI is InChI=1S/C15H21FN2O/c1-11-8-13(16)5-4-12(11)9-15(19)14-10-17(2)6-7-18(14)3/h4-5,8,14H,6-7,9-10H2,1-3H3. The Morgan fingerprint density at radius 3 is 2.79 bits per heavy atom. The first-order valence-electron chi connectivity index (χ1n) is 6.64. The Morgan fingerprint density at radius 1 is 1.37 bits per heavy atom. The average Bonchev–Trinajstić information content (AvgIpc) is 2.35. The number of carbonyl (C=O) groups is 1. The second-order valence-corrected chi connectivity index (χ2v) is 5.47. The third kappa shape index (κ3) is 3.39. The number of carbonyl (C=O) groups excluding carboxylic acids is 1. The first kappa shape index (κ1) is 14.2. The normalized spacial score (nSPS) is 21.6. The summed E-state index contributed by atoms with van der Waals surface area (Å²) in [6.45, 7) is 4.53. The van der Waals surface area contributed by atoms with Crippen molar-refractivity contribution in [2.75, 3.05) is 33.7 Å². The monoisotopic (exact) mass is 264 g/mol. The second kappa shape index (κ2) is 5.80. The lowest BCUT2D eigenvalue weighted by Gasteiger charge is -2.36. The van der Waals surface area contributed by atoms with Gasteiger partial charge in [-0.3, -0.25) is 9.69 Å². The van der Waals surface area contributed by atoms with Gasteiger partial charge in [-0.25, -0.2) is 4.39 Å². The summed E-state index contributed by atoms with van der Waals surface area (Å²) in [5.74, 6) is -0.0352. The van der Waals surface area contributed by atoms with Gasteiger partial charge in [0, 0.05) is 26.1 Å². The van der Waals surface area contributed by atoms with E-state index in [0.717, 1.165) is 30.8 Å². The Labute approximate surface area is 114 Å². The Morgan fingerprint density at radius 2 is 2.11 bits per heavy atom. The van der Waals surface area contributed by atoms with Gasteiger partial charge in [-0.1, -0.05) is 6.07 Å². The number of likely N-dealkylation sites (N-methyl/N-ethyl adjacent to an activating group) is 2. The number of aryl methyl sites for hydroxylation is 1. The van der Waals surface area contributed by atoms with E-state index in [9.17, 15) is 9.18 Å². The highest BCUT2D eigenvalue weighted by atomic mass is 19.1. The van der Waals surface area contributed by atoms with E-state index in [4.69, 9.17) is 0 Å². The van der Waals surface area contributed by atoms with E-state index in [1.54, 1.807) is 6.07 Å². The van der Waals surface area contributed by atoms with Gasteiger partial charge in [-0.05, 0) is 44.3 Å². The molecule has 1 aromatic carbocycles. The predicted molar refractivity (Wildman–Crippen MR) is 73.8 cm³/mol. The molecule has 1 aliphatic rings. The molecular weight excluding hydrogens is 243 g/mol. The van der Waals surface area contributed by atoms with Gasteiger partial charge in [-0.2, -0.15) is 0 Å². The van der Waals surface area contributed by atoms with Crippen LogP contribution in [0.4, 0.5) is 4.39 Å². The van der Waals surface area contributed by atoms with Crippen molar-refractivity contribution in [3.8, 4) is 0 Å². The molecule has 1 fully saturated rings. The number of nitrogens with zero attached hydrogens (tertiary/aromatic N) is 2. The first-order valence-corrected chi connectivity index (χ1v) is 6.64. The van der Waals surface area contributed by atoms with Crippen LogP contribution < -0.4 is 0 Å². The Bertz CT molecular complexity index is 475. The molecule has 1 aliphatic heterocycles. The Balaban J connectivity index is 2.07. The molecule has 1 heterocycles. The summed E-state index contributed by atoms with van der Waals surface area (Å²) in [6.07, 6.45) is 0.384. The largest absolute Gasteiger partial charge is 0.303 e. The molecule has 0 bridgehead atoms. The van der Waals surface area contributed by atoms with Gasteiger partial charge >= 0.3 is 0 Å². The van der Waals surface area contributed by atoms with Gasteiger partial charge in [0.1, 0.15) is 5.82 Å². The molecule has 3 nitrogen and oxygen atoms in total. The molecule has 1 unspecified atom stereocenters. The third-order valence-electron chi connectivity index (χ3n) is 3.89. The van der Waals surface area contributed by atoms with Crippen LogP contribution in [0.2, 0.25) is 0 Å². The quantitative estimate of drug-likeness (QED) is 0.826. The minimum atomic E-state index is -0.247. The number of Topliss-reactive ketones (excluding diaryl/α,β-unsaturated/α-hetero) is 1. The maximum absolute atomic E-state index is 13.1. The summed E-state index contributed by atoms with van der Waals surface area (Å²) in [5.41, 5.74) is 1.77. The van der Waals surface area contributed by atoms with Gasteiger partial charge in [0.2, 0.25) is 0 Å². The van der Waals surface area contributed by atoms with E-state index in [2.05, 4.69) is 9.80 Å². The SMILES string of the molecule is Cc1cc(F)ccc1CC(=O)C1CN(C)CCN1C. The van der Waals surface area contributed by atoms with Crippen molar-refractivity contribution in [3.05, 3.63) is 35.1 Å². The van der Waals surface area contributed by atoms with Gasteiger partial charge in [0.25, 0.3) is 0 Å². The van der Waals surface area contributed by atoms with Crippen LogP contribution in [-0.4, -0.2) is 55.4 Å². The topological polar surface area (TPSA) is 23.6 Å². The van der Waals surface area contributed by atoms with Crippen molar-refractivity contribution in [2.24, 2.45) is 0 Å². The van der Waals surface area contributed by atoms with Crippen molar-refractivity contribution < 1.29 is 9.18 Å². The van der Waals surface area contributed by atoms with Gasteiger partial charge in [-0.15, -0.1) is 0 Å². The minimum Gasteiger partial charge on any atom is -0.303 e. The molecule has 104 valence electrons.